The molecule has 0 aliphatic carbocycles. The first kappa shape index (κ1) is 16.2. The third-order valence-electron chi connectivity index (χ3n) is 2.04. The number of urea groups is 1. The van der Waals surface area contributed by atoms with Gasteiger partial charge >= 0.3 is 12.2 Å². The van der Waals surface area contributed by atoms with Gasteiger partial charge in [-0.2, -0.15) is 13.2 Å². The van der Waals surface area contributed by atoms with Crippen molar-refractivity contribution in [1.82, 2.24) is 20.6 Å². The molecule has 2 N–H and O–H groups in total. The van der Waals surface area contributed by atoms with Crippen molar-refractivity contribution in [3.8, 4) is 0 Å². The van der Waals surface area contributed by atoms with E-state index in [0.717, 1.165) is 24.0 Å². The van der Waals surface area contributed by atoms with Crippen molar-refractivity contribution in [2.24, 2.45) is 0 Å². The maximum atomic E-state index is 12.4. The van der Waals surface area contributed by atoms with Crippen LogP contribution in [0.1, 0.15) is 12.6 Å². The third-order valence-corrected chi connectivity index (χ3v) is 3.01. The van der Waals surface area contributed by atoms with Gasteiger partial charge in [-0.1, -0.05) is 11.8 Å². The van der Waals surface area contributed by atoms with Gasteiger partial charge in [0.1, 0.15) is 5.69 Å². The second-order valence-electron chi connectivity index (χ2n) is 3.55. The van der Waals surface area contributed by atoms with Crippen molar-refractivity contribution in [3.05, 3.63) is 18.0 Å². The van der Waals surface area contributed by atoms with Crippen LogP contribution in [0.4, 0.5) is 18.0 Å². The van der Waals surface area contributed by atoms with Crippen molar-refractivity contribution < 1.29 is 22.8 Å². The van der Waals surface area contributed by atoms with E-state index in [0.29, 0.717) is 0 Å². The molecule has 1 aromatic rings. The predicted octanol–water partition coefficient (Wildman–Crippen LogP) is 1.43. The summed E-state index contributed by atoms with van der Waals surface area (Å²) in [4.78, 5) is 29.4. The van der Waals surface area contributed by atoms with Crippen molar-refractivity contribution in [1.29, 1.82) is 0 Å². The normalized spacial score (nSPS) is 12.7. The molecule has 0 saturated carbocycles. The van der Waals surface area contributed by atoms with Crippen molar-refractivity contribution >= 4 is 23.7 Å². The fraction of sp³-hybridized carbons (Fsp3) is 0.400. The number of alkyl halides is 3. The number of imide groups is 1. The van der Waals surface area contributed by atoms with E-state index in [-0.39, 0.29) is 5.16 Å². The molecule has 0 bridgehead atoms. The Kier molecular flexibility index (Phi) is 5.31. The number of hydrogen-bond donors (Lipinski definition) is 2. The number of rotatable bonds is 3. The molecule has 0 saturated heterocycles. The molecule has 1 atom stereocenters. The van der Waals surface area contributed by atoms with Crippen LogP contribution >= 0.6 is 11.8 Å². The molecule has 0 spiro atoms. The van der Waals surface area contributed by atoms with Gasteiger partial charge in [0.15, 0.2) is 5.16 Å². The summed E-state index contributed by atoms with van der Waals surface area (Å²) >= 11 is 0.720. The summed E-state index contributed by atoms with van der Waals surface area (Å²) in [5, 5.41) is 3.17. The van der Waals surface area contributed by atoms with Crippen molar-refractivity contribution in [2.75, 3.05) is 7.05 Å². The first-order valence-electron chi connectivity index (χ1n) is 5.33. The first-order valence-corrected chi connectivity index (χ1v) is 6.21. The maximum Gasteiger partial charge on any atom is 0.433 e. The highest BCUT2D eigenvalue weighted by Gasteiger charge is 2.33. The first-order chi connectivity index (χ1) is 9.24. The van der Waals surface area contributed by atoms with Crippen LogP contribution in [-0.4, -0.2) is 34.2 Å². The number of nitrogens with zero attached hydrogens (tertiary/aromatic N) is 2. The summed E-state index contributed by atoms with van der Waals surface area (Å²) in [6.07, 6.45) is -3.62. The predicted molar refractivity (Wildman–Crippen MR) is 65.0 cm³/mol. The topological polar surface area (TPSA) is 84.0 Å². The molecular weight excluding hydrogens is 297 g/mol. The Labute approximate surface area is 116 Å². The molecule has 1 heterocycles. The second-order valence-corrected chi connectivity index (χ2v) is 4.86. The SMILES string of the molecule is CNC(=O)NC(=O)[C@H](C)Sc1nccc(C(F)(F)F)n1. The van der Waals surface area contributed by atoms with E-state index >= 15 is 0 Å². The largest absolute Gasteiger partial charge is 0.433 e. The Bertz CT molecular complexity index is 510. The summed E-state index contributed by atoms with van der Waals surface area (Å²) in [7, 11) is 1.33. The zero-order valence-corrected chi connectivity index (χ0v) is 11.3. The number of carbonyl (C=O) groups excluding carboxylic acids is 2. The maximum absolute atomic E-state index is 12.4. The fourth-order valence-corrected chi connectivity index (χ4v) is 1.80. The minimum absolute atomic E-state index is 0.195. The summed E-state index contributed by atoms with van der Waals surface area (Å²) in [6, 6.07) is 0.0340. The zero-order chi connectivity index (χ0) is 15.3. The van der Waals surface area contributed by atoms with Gasteiger partial charge in [-0.25, -0.2) is 14.8 Å². The molecule has 6 nitrogen and oxygen atoms in total. The lowest BCUT2D eigenvalue weighted by Gasteiger charge is -2.11. The van der Waals surface area contributed by atoms with E-state index < -0.39 is 29.1 Å². The Morgan fingerprint density at radius 3 is 2.60 bits per heavy atom. The summed E-state index contributed by atoms with van der Waals surface area (Å²) in [6.45, 7) is 1.42. The van der Waals surface area contributed by atoms with Crippen LogP contribution in [0.5, 0.6) is 0 Å². The van der Waals surface area contributed by atoms with Gasteiger partial charge in [-0.3, -0.25) is 10.1 Å². The molecular formula is C10H11F3N4O2S. The van der Waals surface area contributed by atoms with Gasteiger partial charge in [-0.05, 0) is 13.0 Å². The highest BCUT2D eigenvalue weighted by atomic mass is 32.2. The standard InChI is InChI=1S/C10H11F3N4O2S/c1-5(7(18)17-8(19)14-2)20-9-15-4-3-6(16-9)10(11,12)13/h3-5H,1-2H3,(H2,14,17,18,19)/t5-/m0/s1. The molecule has 0 radical (unpaired) electrons. The lowest BCUT2D eigenvalue weighted by Crippen LogP contribution is -2.41. The Balaban J connectivity index is 2.73. The molecule has 0 aliphatic heterocycles. The van der Waals surface area contributed by atoms with Gasteiger partial charge in [0, 0.05) is 13.2 Å². The van der Waals surface area contributed by atoms with E-state index in [1.54, 1.807) is 0 Å². The average molecular weight is 308 g/mol. The molecule has 0 unspecified atom stereocenters. The van der Waals surface area contributed by atoms with Crippen molar-refractivity contribution in [3.63, 3.8) is 0 Å². The molecule has 20 heavy (non-hydrogen) atoms. The molecule has 1 aromatic heterocycles. The lowest BCUT2D eigenvalue weighted by atomic mass is 10.4. The second kappa shape index (κ2) is 6.55. The number of halogens is 3. The van der Waals surface area contributed by atoms with Gasteiger partial charge < -0.3 is 5.32 Å². The number of amides is 3. The third kappa shape index (κ3) is 4.68. The number of aromatic nitrogens is 2. The highest BCUT2D eigenvalue weighted by molar-refractivity contribution is 8.00. The van der Waals surface area contributed by atoms with Crippen LogP contribution in [-0.2, 0) is 11.0 Å². The molecule has 10 heteroatoms. The van der Waals surface area contributed by atoms with E-state index in [1.807, 2.05) is 5.32 Å². The van der Waals surface area contributed by atoms with E-state index in [9.17, 15) is 22.8 Å². The van der Waals surface area contributed by atoms with Crippen LogP contribution in [0.3, 0.4) is 0 Å². The molecule has 1 rings (SSSR count). The lowest BCUT2D eigenvalue weighted by molar-refractivity contribution is -0.141. The summed E-state index contributed by atoms with van der Waals surface area (Å²) in [5.74, 6) is -0.657. The average Bonchev–Trinajstić information content (AvgIpc) is 2.37. The van der Waals surface area contributed by atoms with Gasteiger partial charge in [0.2, 0.25) is 5.91 Å². The van der Waals surface area contributed by atoms with Crippen LogP contribution in [0.2, 0.25) is 0 Å². The molecule has 0 aromatic carbocycles. The Morgan fingerprint density at radius 1 is 1.40 bits per heavy atom. The van der Waals surface area contributed by atoms with Gasteiger partial charge in [0.05, 0.1) is 5.25 Å². The fourth-order valence-electron chi connectivity index (χ4n) is 1.04. The zero-order valence-electron chi connectivity index (χ0n) is 10.5. The smallest absolute Gasteiger partial charge is 0.341 e. The summed E-state index contributed by atoms with van der Waals surface area (Å²) in [5.41, 5.74) is -1.09. The monoisotopic (exact) mass is 308 g/mol. The minimum atomic E-state index is -4.58. The quantitative estimate of drug-likeness (QED) is 0.652. The van der Waals surface area contributed by atoms with E-state index in [4.69, 9.17) is 0 Å². The molecule has 0 aliphatic rings. The number of carbonyl (C=O) groups is 2. The Morgan fingerprint density at radius 2 is 2.05 bits per heavy atom. The minimum Gasteiger partial charge on any atom is -0.341 e. The van der Waals surface area contributed by atoms with Crippen LogP contribution < -0.4 is 10.6 Å². The van der Waals surface area contributed by atoms with Crippen LogP contribution in [0.25, 0.3) is 0 Å². The highest BCUT2D eigenvalue weighted by Crippen LogP contribution is 2.29. The van der Waals surface area contributed by atoms with E-state index in [1.165, 1.54) is 14.0 Å². The molecule has 3 amide bonds. The van der Waals surface area contributed by atoms with Crippen LogP contribution in [0, 0.1) is 0 Å². The molecule has 0 fully saturated rings. The number of nitrogens with one attached hydrogen (secondary N) is 2. The summed E-state index contributed by atoms with van der Waals surface area (Å²) < 4.78 is 37.3. The Hall–Kier alpha value is -1.84. The number of thioether (sulfide) groups is 1. The van der Waals surface area contributed by atoms with Crippen LogP contribution in [0.15, 0.2) is 17.4 Å². The number of hydrogen-bond acceptors (Lipinski definition) is 5. The van der Waals surface area contributed by atoms with Crippen molar-refractivity contribution in [2.45, 2.75) is 23.5 Å². The van der Waals surface area contributed by atoms with Gasteiger partial charge in [0.25, 0.3) is 0 Å². The molecule has 110 valence electrons. The van der Waals surface area contributed by atoms with Gasteiger partial charge in [-0.15, -0.1) is 0 Å². The van der Waals surface area contributed by atoms with E-state index in [2.05, 4.69) is 15.3 Å².